The van der Waals surface area contributed by atoms with Gasteiger partial charge in [0.25, 0.3) is 11.1 Å². The number of aromatic amines is 2. The first-order chi connectivity index (χ1) is 19.3. The van der Waals surface area contributed by atoms with Gasteiger partial charge < -0.3 is 15.5 Å². The Kier molecular flexibility index (Phi) is 8.54. The minimum Gasteiger partial charge on any atom is -0.497 e. The van der Waals surface area contributed by atoms with E-state index in [4.69, 9.17) is 10.5 Å². The molecule has 2 heterocycles. The molecule has 0 atom stereocenters. The number of nitrogen functional groups attached to an aromatic ring is 1. The van der Waals surface area contributed by atoms with Gasteiger partial charge in [-0.25, -0.2) is 9.07 Å². The van der Waals surface area contributed by atoms with Crippen LogP contribution in [0.3, 0.4) is 0 Å². The van der Waals surface area contributed by atoms with E-state index in [2.05, 4.69) is 16.7 Å². The molecule has 8 nitrogen and oxygen atoms in total. The van der Waals surface area contributed by atoms with Crippen molar-refractivity contribution in [2.24, 2.45) is 0 Å². The highest BCUT2D eigenvalue weighted by Gasteiger charge is 2.16. The number of halogens is 1. The van der Waals surface area contributed by atoms with Crippen LogP contribution < -0.4 is 32.4 Å². The fourth-order valence-corrected chi connectivity index (χ4v) is 4.33. The van der Waals surface area contributed by atoms with Crippen molar-refractivity contribution in [3.05, 3.63) is 133 Å². The molecule has 0 unspecified atom stereocenters. The summed E-state index contributed by atoms with van der Waals surface area (Å²) in [5.74, 6) is 0.307. The van der Waals surface area contributed by atoms with Crippen molar-refractivity contribution in [1.29, 1.82) is 0 Å². The van der Waals surface area contributed by atoms with Crippen molar-refractivity contribution < 1.29 is 9.13 Å². The summed E-state index contributed by atoms with van der Waals surface area (Å²) in [5, 5.41) is 3.38. The van der Waals surface area contributed by atoms with Crippen molar-refractivity contribution >= 4 is 18.3 Å². The summed E-state index contributed by atoms with van der Waals surface area (Å²) in [4.78, 5) is 29.9. The van der Waals surface area contributed by atoms with Gasteiger partial charge in [-0.15, -0.1) is 0 Å². The number of anilines is 1. The van der Waals surface area contributed by atoms with E-state index in [0.29, 0.717) is 40.3 Å². The molecular weight excluding hydrogens is 509 g/mol. The maximum Gasteiger partial charge on any atom is 0.278 e. The van der Waals surface area contributed by atoms with E-state index < -0.39 is 0 Å². The number of nitrogens with one attached hydrogen (secondary N) is 2. The molecule has 2 aromatic heterocycles. The Morgan fingerprint density at radius 3 is 2.33 bits per heavy atom. The molecule has 9 heteroatoms. The molecule has 0 aliphatic carbocycles. The van der Waals surface area contributed by atoms with Crippen molar-refractivity contribution in [1.82, 2.24) is 19.3 Å². The van der Waals surface area contributed by atoms with Crippen LogP contribution in [0.4, 0.5) is 10.1 Å². The van der Waals surface area contributed by atoms with Gasteiger partial charge in [0.05, 0.1) is 24.9 Å². The lowest BCUT2D eigenvalue weighted by atomic mass is 10.1. The van der Waals surface area contributed by atoms with Crippen LogP contribution in [0.15, 0.2) is 82.4 Å². The maximum atomic E-state index is 13.6. The lowest BCUT2D eigenvalue weighted by Gasteiger charge is -2.04. The fourth-order valence-electron chi connectivity index (χ4n) is 4.33. The zero-order chi connectivity index (χ0) is 28.8. The van der Waals surface area contributed by atoms with Gasteiger partial charge in [-0.2, -0.15) is 0 Å². The van der Waals surface area contributed by atoms with Crippen LogP contribution >= 0.6 is 0 Å². The summed E-state index contributed by atoms with van der Waals surface area (Å²) in [5.41, 5.74) is 9.34. The molecule has 0 radical (unpaired) electrons. The molecule has 3 aromatic carbocycles. The minimum atomic E-state index is -0.347. The molecule has 0 amide bonds. The topological polar surface area (TPSA) is 111 Å². The Morgan fingerprint density at radius 1 is 0.975 bits per heavy atom. The summed E-state index contributed by atoms with van der Waals surface area (Å²) < 4.78 is 21.6. The Morgan fingerprint density at radius 2 is 1.68 bits per heavy atom. The number of ether oxygens (including phenoxy) is 1. The number of benzene rings is 3. The molecule has 206 valence electrons. The second-order valence-electron chi connectivity index (χ2n) is 8.91. The van der Waals surface area contributed by atoms with Gasteiger partial charge in [-0.05, 0) is 65.7 Å². The van der Waals surface area contributed by atoms with E-state index in [-0.39, 0.29) is 28.8 Å². The number of aromatic nitrogens is 4. The monoisotopic (exact) mass is 541 g/mol. The molecule has 0 aliphatic heterocycles. The third-order valence-electron chi connectivity index (χ3n) is 6.29. The van der Waals surface area contributed by atoms with E-state index in [1.165, 1.54) is 27.5 Å². The maximum absolute atomic E-state index is 13.6. The predicted octanol–water partition coefficient (Wildman–Crippen LogP) is 3.29. The average molecular weight is 542 g/mol. The van der Waals surface area contributed by atoms with Crippen molar-refractivity contribution in [2.45, 2.75) is 26.8 Å². The van der Waals surface area contributed by atoms with Crippen LogP contribution in [-0.2, 0) is 13.0 Å². The largest absolute Gasteiger partial charge is 0.497 e. The predicted molar refractivity (Wildman–Crippen MR) is 157 cm³/mol. The third kappa shape index (κ3) is 5.99. The number of imidazole rings is 1. The number of H-pyrrole nitrogens is 2. The number of nitrogens with zero attached hydrogens (tertiary/aromatic N) is 2. The van der Waals surface area contributed by atoms with E-state index in [1.807, 2.05) is 26.0 Å². The van der Waals surface area contributed by atoms with Gasteiger partial charge in [0, 0.05) is 17.8 Å². The van der Waals surface area contributed by atoms with Crippen molar-refractivity contribution in [3.63, 3.8) is 0 Å². The molecule has 0 saturated heterocycles. The number of methoxy groups -OCH3 is 1. The molecule has 0 spiro atoms. The first kappa shape index (κ1) is 28.0. The van der Waals surface area contributed by atoms with Gasteiger partial charge in [-0.1, -0.05) is 44.7 Å². The van der Waals surface area contributed by atoms with Crippen molar-refractivity contribution in [3.8, 4) is 11.4 Å². The Hall–Kier alpha value is -5.05. The van der Waals surface area contributed by atoms with Crippen LogP contribution in [0.5, 0.6) is 5.75 Å². The van der Waals surface area contributed by atoms with E-state index >= 15 is 0 Å². The molecule has 0 aliphatic rings. The number of rotatable bonds is 7. The molecule has 40 heavy (non-hydrogen) atoms. The van der Waals surface area contributed by atoms with Gasteiger partial charge in [0.15, 0.2) is 0 Å². The Bertz CT molecular complexity index is 1830. The first-order valence-corrected chi connectivity index (χ1v) is 12.9. The molecule has 0 fully saturated rings. The number of nitrogens with two attached hydrogens (primary N) is 1. The number of hydrogen-bond donors (Lipinski definition) is 3. The SMILES string of the molecule is C=c1[nH]/c(=C\c2c(Cc3ccc(F)cc3)[nH]n(-c3ccc(OC)cc3)c2=O)c(=O)n1Cc1cccc(N)c1.CC. The zero-order valence-corrected chi connectivity index (χ0v) is 22.7. The zero-order valence-electron chi connectivity index (χ0n) is 22.7. The fraction of sp³-hybridized carbons (Fsp3) is 0.161. The van der Waals surface area contributed by atoms with E-state index in [9.17, 15) is 14.0 Å². The molecular formula is C31H32FN5O3. The summed E-state index contributed by atoms with van der Waals surface area (Å²) in [6.07, 6.45) is 1.85. The lowest BCUT2D eigenvalue weighted by Crippen LogP contribution is -2.32. The normalized spacial score (nSPS) is 11.2. The molecule has 0 saturated carbocycles. The van der Waals surface area contributed by atoms with Crippen LogP contribution in [0.1, 0.15) is 36.2 Å². The number of hydrogen-bond acceptors (Lipinski definition) is 4. The second kappa shape index (κ2) is 12.2. The van der Waals surface area contributed by atoms with Gasteiger partial charge in [0.1, 0.15) is 22.4 Å². The summed E-state index contributed by atoms with van der Waals surface area (Å²) in [7, 11) is 1.57. The molecule has 4 N–H and O–H groups in total. The average Bonchev–Trinajstić information content (AvgIpc) is 3.41. The minimum absolute atomic E-state index is 0.220. The molecule has 0 bridgehead atoms. The summed E-state index contributed by atoms with van der Waals surface area (Å²) in [6.45, 7) is 8.25. The van der Waals surface area contributed by atoms with Crippen LogP contribution in [-0.4, -0.2) is 26.4 Å². The highest BCUT2D eigenvalue weighted by atomic mass is 19.1. The quantitative estimate of drug-likeness (QED) is 0.275. The van der Waals surface area contributed by atoms with E-state index in [1.54, 1.807) is 55.6 Å². The molecule has 5 rings (SSSR count). The molecule has 5 aromatic rings. The van der Waals surface area contributed by atoms with Crippen LogP contribution in [0.2, 0.25) is 0 Å². The second-order valence-corrected chi connectivity index (χ2v) is 8.91. The highest BCUT2D eigenvalue weighted by Crippen LogP contribution is 2.16. The van der Waals surface area contributed by atoms with Gasteiger partial charge in [0.2, 0.25) is 0 Å². The van der Waals surface area contributed by atoms with Crippen molar-refractivity contribution in [2.75, 3.05) is 12.8 Å². The smallest absolute Gasteiger partial charge is 0.278 e. The van der Waals surface area contributed by atoms with Crippen LogP contribution in [0, 0.1) is 5.82 Å². The third-order valence-corrected chi connectivity index (χ3v) is 6.29. The highest BCUT2D eigenvalue weighted by molar-refractivity contribution is 5.53. The van der Waals surface area contributed by atoms with Gasteiger partial charge in [-0.3, -0.25) is 19.3 Å². The van der Waals surface area contributed by atoms with Gasteiger partial charge >= 0.3 is 0 Å². The Balaban J connectivity index is 0.00000181. The van der Waals surface area contributed by atoms with E-state index in [0.717, 1.165) is 11.1 Å². The summed E-state index contributed by atoms with van der Waals surface area (Å²) >= 11 is 0. The standard InChI is InChI=1S/C29H26FN5O3.C2H6/c1-18-32-27(29(37)34(18)17-20-4-3-5-22(31)14-20)16-25-26(15-19-6-8-21(30)9-7-19)33-35(28(25)36)23-10-12-24(38-2)13-11-23;1-2/h3-14,16,32-33H,1,15,17,31H2,2H3;1-2H3/b27-16-;. The Labute approximate surface area is 230 Å². The first-order valence-electron chi connectivity index (χ1n) is 12.9. The van der Waals surface area contributed by atoms with Crippen LogP contribution in [0.25, 0.3) is 18.3 Å². The summed E-state index contributed by atoms with van der Waals surface area (Å²) in [6, 6.07) is 20.3. The lowest BCUT2D eigenvalue weighted by molar-refractivity contribution is 0.414.